The number of ether oxygens (including phenoxy) is 1. The van der Waals surface area contributed by atoms with E-state index in [9.17, 15) is 14.0 Å². The molecule has 1 N–H and O–H groups in total. The summed E-state index contributed by atoms with van der Waals surface area (Å²) >= 11 is 11.6. The van der Waals surface area contributed by atoms with Gasteiger partial charge in [-0.3, -0.25) is 9.59 Å². The first-order chi connectivity index (χ1) is 17.3. The van der Waals surface area contributed by atoms with Gasteiger partial charge in [-0.25, -0.2) is 14.4 Å². The van der Waals surface area contributed by atoms with Crippen LogP contribution in [0.3, 0.4) is 0 Å². The molecule has 3 aromatic rings. The molecule has 1 saturated carbocycles. The first-order valence-electron chi connectivity index (χ1n) is 11.6. The zero-order valence-corrected chi connectivity index (χ0v) is 20.7. The van der Waals surface area contributed by atoms with E-state index in [-0.39, 0.29) is 28.2 Å². The fraction of sp³-hybridized carbons (Fsp3) is 0.308. The molecule has 1 aliphatic heterocycles. The maximum Gasteiger partial charge on any atom is 0.273 e. The minimum Gasteiger partial charge on any atom is -0.439 e. The van der Waals surface area contributed by atoms with Gasteiger partial charge < -0.3 is 15.0 Å². The molecule has 1 saturated heterocycles. The Balaban J connectivity index is 1.11. The number of amides is 2. The number of halogens is 3. The van der Waals surface area contributed by atoms with Crippen molar-refractivity contribution >= 4 is 35.0 Å². The Morgan fingerprint density at radius 2 is 1.75 bits per heavy atom. The summed E-state index contributed by atoms with van der Waals surface area (Å²) in [5.41, 5.74) is 0.403. The minimum absolute atomic E-state index is 0.0206. The van der Waals surface area contributed by atoms with Crippen LogP contribution in [0.2, 0.25) is 10.2 Å². The Hall–Kier alpha value is -3.23. The summed E-state index contributed by atoms with van der Waals surface area (Å²) in [6.45, 7) is 1.30. The Morgan fingerprint density at radius 3 is 2.42 bits per heavy atom. The molecule has 2 fully saturated rings. The molecule has 1 aliphatic carbocycles. The lowest BCUT2D eigenvalue weighted by Gasteiger charge is -2.52. The number of carbonyl (C=O) groups excluding carboxylic acids is 2. The van der Waals surface area contributed by atoms with Crippen LogP contribution >= 0.6 is 23.2 Å². The van der Waals surface area contributed by atoms with E-state index in [2.05, 4.69) is 15.3 Å². The van der Waals surface area contributed by atoms with Crippen molar-refractivity contribution in [1.82, 2.24) is 20.2 Å². The quantitative estimate of drug-likeness (QED) is 0.440. The van der Waals surface area contributed by atoms with Crippen LogP contribution in [0.5, 0.6) is 11.6 Å². The molecule has 1 aromatic carbocycles. The van der Waals surface area contributed by atoms with Crippen molar-refractivity contribution in [1.29, 1.82) is 0 Å². The molecule has 0 unspecified atom stereocenters. The van der Waals surface area contributed by atoms with Crippen molar-refractivity contribution < 1.29 is 18.7 Å². The summed E-state index contributed by atoms with van der Waals surface area (Å²) in [7, 11) is 0. The summed E-state index contributed by atoms with van der Waals surface area (Å²) in [4.78, 5) is 35.1. The van der Waals surface area contributed by atoms with E-state index in [0.29, 0.717) is 35.3 Å². The third-order valence-corrected chi connectivity index (χ3v) is 7.29. The van der Waals surface area contributed by atoms with E-state index < -0.39 is 11.7 Å². The van der Waals surface area contributed by atoms with E-state index >= 15 is 0 Å². The second-order valence-electron chi connectivity index (χ2n) is 9.28. The Kier molecular flexibility index (Phi) is 6.81. The second-order valence-corrected chi connectivity index (χ2v) is 10.1. The van der Waals surface area contributed by atoms with Gasteiger partial charge in [0.1, 0.15) is 10.9 Å². The normalized spacial score (nSPS) is 16.9. The molecule has 2 aliphatic rings. The maximum atomic E-state index is 13.9. The second kappa shape index (κ2) is 10.0. The predicted octanol–water partition coefficient (Wildman–Crippen LogP) is 5.53. The van der Waals surface area contributed by atoms with Crippen LogP contribution in [-0.4, -0.2) is 45.8 Å². The van der Waals surface area contributed by atoms with Crippen molar-refractivity contribution in [2.45, 2.75) is 31.7 Å². The van der Waals surface area contributed by atoms with Crippen LogP contribution in [0.4, 0.5) is 4.39 Å². The van der Waals surface area contributed by atoms with Crippen LogP contribution in [0.25, 0.3) is 0 Å². The smallest absolute Gasteiger partial charge is 0.273 e. The topological polar surface area (TPSA) is 84.4 Å². The van der Waals surface area contributed by atoms with Gasteiger partial charge in [0.2, 0.25) is 5.88 Å². The zero-order valence-electron chi connectivity index (χ0n) is 19.2. The highest BCUT2D eigenvalue weighted by molar-refractivity contribution is 6.30. The monoisotopic (exact) mass is 528 g/mol. The van der Waals surface area contributed by atoms with Gasteiger partial charge in [-0.05, 0) is 73.6 Å². The average Bonchev–Trinajstić information content (AvgIpc) is 2.86. The van der Waals surface area contributed by atoms with E-state index in [4.69, 9.17) is 27.9 Å². The van der Waals surface area contributed by atoms with Crippen molar-refractivity contribution in [2.24, 2.45) is 5.41 Å². The Bertz CT molecular complexity index is 1270. The molecule has 36 heavy (non-hydrogen) atoms. The molecule has 0 atom stereocenters. The predicted molar refractivity (Wildman–Crippen MR) is 133 cm³/mol. The summed E-state index contributed by atoms with van der Waals surface area (Å²) in [6.07, 6.45) is 4.82. The molecular formula is C26H23Cl2FN4O3. The van der Waals surface area contributed by atoms with Crippen molar-refractivity contribution in [3.8, 4) is 11.6 Å². The number of benzene rings is 1. The van der Waals surface area contributed by atoms with Crippen LogP contribution in [0.1, 0.15) is 46.5 Å². The van der Waals surface area contributed by atoms with Gasteiger partial charge in [-0.2, -0.15) is 0 Å². The molecule has 0 radical (unpaired) electrons. The lowest BCUT2D eigenvalue weighted by Crippen LogP contribution is -2.55. The molecule has 186 valence electrons. The lowest BCUT2D eigenvalue weighted by atomic mass is 9.60. The number of nitrogens with zero attached hydrogens (tertiary/aromatic N) is 3. The van der Waals surface area contributed by atoms with Gasteiger partial charge >= 0.3 is 0 Å². The molecule has 3 heterocycles. The molecule has 2 amide bonds. The minimum atomic E-state index is -0.695. The highest BCUT2D eigenvalue weighted by Gasteiger charge is 2.47. The summed E-state index contributed by atoms with van der Waals surface area (Å²) in [5.74, 6) is -0.272. The number of aromatic nitrogens is 2. The van der Waals surface area contributed by atoms with E-state index in [1.165, 1.54) is 12.3 Å². The zero-order chi connectivity index (χ0) is 25.3. The van der Waals surface area contributed by atoms with Crippen LogP contribution in [-0.2, 0) is 0 Å². The van der Waals surface area contributed by atoms with Gasteiger partial charge in [-0.15, -0.1) is 0 Å². The van der Waals surface area contributed by atoms with Gasteiger partial charge in [0.05, 0.1) is 5.02 Å². The number of hydrogen-bond donors (Lipinski definition) is 1. The molecular weight excluding hydrogens is 506 g/mol. The SMILES string of the molecule is O=C(NC1CC2(CCN(C(=O)c3ccc(Oc4ccc(Cl)cn4)cc3)CC2)C1)c1nc(Cl)ccc1F. The van der Waals surface area contributed by atoms with Gasteiger partial charge in [0.15, 0.2) is 11.5 Å². The average molecular weight is 529 g/mol. The van der Waals surface area contributed by atoms with Crippen molar-refractivity contribution in [3.63, 3.8) is 0 Å². The number of nitrogens with one attached hydrogen (secondary N) is 1. The first-order valence-corrected chi connectivity index (χ1v) is 12.4. The number of hydrogen-bond acceptors (Lipinski definition) is 5. The largest absolute Gasteiger partial charge is 0.439 e. The van der Waals surface area contributed by atoms with Crippen molar-refractivity contribution in [3.05, 3.63) is 82.0 Å². The Labute approximate surface area is 217 Å². The van der Waals surface area contributed by atoms with Crippen LogP contribution in [0.15, 0.2) is 54.7 Å². The number of carbonyl (C=O) groups is 2. The molecule has 5 rings (SSSR count). The number of likely N-dealkylation sites (tertiary alicyclic amines) is 1. The van der Waals surface area contributed by atoms with Gasteiger partial charge in [-0.1, -0.05) is 23.2 Å². The number of pyridine rings is 2. The van der Waals surface area contributed by atoms with Crippen molar-refractivity contribution in [2.75, 3.05) is 13.1 Å². The number of piperidine rings is 1. The maximum absolute atomic E-state index is 13.9. The summed E-state index contributed by atoms with van der Waals surface area (Å²) < 4.78 is 19.6. The summed E-state index contributed by atoms with van der Waals surface area (Å²) in [6, 6.07) is 12.7. The highest BCUT2D eigenvalue weighted by Crippen LogP contribution is 2.49. The standard InChI is InChI=1S/C26H23Cl2FN4O3/c27-17-3-8-22(30-15-17)36-19-4-1-16(2-5-19)25(35)33-11-9-26(10-12-33)13-18(14-26)31-24(34)23-20(29)6-7-21(28)32-23/h1-8,15,18H,9-14H2,(H,31,34). The number of rotatable bonds is 5. The molecule has 1 spiro atoms. The van der Waals surface area contributed by atoms with Gasteiger partial charge in [0, 0.05) is 37.0 Å². The van der Waals surface area contributed by atoms with Crippen LogP contribution < -0.4 is 10.1 Å². The summed E-state index contributed by atoms with van der Waals surface area (Å²) in [5, 5.41) is 3.45. The van der Waals surface area contributed by atoms with E-state index in [1.807, 2.05) is 4.90 Å². The molecule has 7 nitrogen and oxygen atoms in total. The lowest BCUT2D eigenvalue weighted by molar-refractivity contribution is 0.00853. The molecule has 10 heteroatoms. The highest BCUT2D eigenvalue weighted by atomic mass is 35.5. The first kappa shape index (κ1) is 24.5. The van der Waals surface area contributed by atoms with E-state index in [1.54, 1.807) is 36.4 Å². The van der Waals surface area contributed by atoms with Gasteiger partial charge in [0.25, 0.3) is 11.8 Å². The Morgan fingerprint density at radius 1 is 1.03 bits per heavy atom. The fourth-order valence-electron chi connectivity index (χ4n) is 4.90. The third kappa shape index (κ3) is 5.29. The fourth-order valence-corrected chi connectivity index (χ4v) is 5.16. The third-order valence-electron chi connectivity index (χ3n) is 6.86. The van der Waals surface area contributed by atoms with Crippen LogP contribution in [0, 0.1) is 11.2 Å². The molecule has 2 aromatic heterocycles. The molecule has 0 bridgehead atoms. The van der Waals surface area contributed by atoms with E-state index in [0.717, 1.165) is 31.7 Å².